The van der Waals surface area contributed by atoms with Gasteiger partial charge < -0.3 is 5.11 Å². The molecule has 0 amide bonds. The molecular formula is C15H13BrClFOS. The molecule has 0 aliphatic heterocycles. The Bertz CT molecular complexity index is 594. The van der Waals surface area contributed by atoms with Gasteiger partial charge in [0.2, 0.25) is 0 Å². The highest BCUT2D eigenvalue weighted by molar-refractivity contribution is 9.10. The summed E-state index contributed by atoms with van der Waals surface area (Å²) >= 11 is 10.7. The number of aliphatic hydroxyl groups is 1. The van der Waals surface area contributed by atoms with E-state index in [4.69, 9.17) is 11.6 Å². The molecule has 2 rings (SSSR count). The molecule has 0 aliphatic rings. The van der Waals surface area contributed by atoms with Crippen LogP contribution in [0.2, 0.25) is 5.02 Å². The van der Waals surface area contributed by atoms with Gasteiger partial charge in [-0.3, -0.25) is 0 Å². The summed E-state index contributed by atoms with van der Waals surface area (Å²) in [5.74, 6) is 0.138. The van der Waals surface area contributed by atoms with Crippen LogP contribution in [0.3, 0.4) is 0 Å². The van der Waals surface area contributed by atoms with E-state index in [2.05, 4.69) is 15.9 Å². The van der Waals surface area contributed by atoms with E-state index in [-0.39, 0.29) is 5.02 Å². The molecule has 0 bridgehead atoms. The van der Waals surface area contributed by atoms with Crippen LogP contribution in [0.25, 0.3) is 0 Å². The number of aliphatic hydroxyl groups excluding tert-OH is 1. The highest BCUT2D eigenvalue weighted by atomic mass is 79.9. The van der Waals surface area contributed by atoms with Crippen LogP contribution in [-0.4, -0.2) is 17.0 Å². The largest absolute Gasteiger partial charge is 0.392 e. The second-order valence-electron chi connectivity index (χ2n) is 4.37. The summed E-state index contributed by atoms with van der Waals surface area (Å²) in [5.41, 5.74) is 0.832. The number of thioether (sulfide) groups is 1. The average molecular weight is 376 g/mol. The van der Waals surface area contributed by atoms with Gasteiger partial charge in [-0.15, -0.1) is 11.8 Å². The van der Waals surface area contributed by atoms with Crippen LogP contribution in [0.4, 0.5) is 4.39 Å². The third kappa shape index (κ3) is 4.77. The Morgan fingerprint density at radius 1 is 1.25 bits per heavy atom. The Morgan fingerprint density at radius 3 is 2.75 bits per heavy atom. The van der Waals surface area contributed by atoms with Gasteiger partial charge in [-0.2, -0.15) is 0 Å². The van der Waals surface area contributed by atoms with Gasteiger partial charge in [-0.05, 0) is 42.3 Å². The van der Waals surface area contributed by atoms with E-state index in [1.165, 1.54) is 6.07 Å². The van der Waals surface area contributed by atoms with Crippen LogP contribution in [-0.2, 0) is 6.42 Å². The van der Waals surface area contributed by atoms with Crippen LogP contribution in [0, 0.1) is 5.82 Å². The Hall–Kier alpha value is -0.550. The summed E-state index contributed by atoms with van der Waals surface area (Å²) in [5, 5.41) is 10.1. The molecule has 106 valence electrons. The summed E-state index contributed by atoms with van der Waals surface area (Å²) in [7, 11) is 0. The lowest BCUT2D eigenvalue weighted by Crippen LogP contribution is -2.13. The Labute approximate surface area is 135 Å². The number of hydrogen-bond acceptors (Lipinski definition) is 2. The number of rotatable bonds is 5. The fraction of sp³-hybridized carbons (Fsp3) is 0.200. The molecule has 20 heavy (non-hydrogen) atoms. The first kappa shape index (κ1) is 15.8. The van der Waals surface area contributed by atoms with Gasteiger partial charge in [-0.25, -0.2) is 4.39 Å². The van der Waals surface area contributed by atoms with Crippen LogP contribution in [0.1, 0.15) is 5.56 Å². The minimum Gasteiger partial charge on any atom is -0.392 e. The molecule has 1 unspecified atom stereocenters. The number of hydrogen-bond donors (Lipinski definition) is 1. The van der Waals surface area contributed by atoms with Crippen molar-refractivity contribution in [2.45, 2.75) is 17.4 Å². The zero-order valence-electron chi connectivity index (χ0n) is 10.5. The van der Waals surface area contributed by atoms with Crippen molar-refractivity contribution in [2.24, 2.45) is 0 Å². The van der Waals surface area contributed by atoms with Gasteiger partial charge in [0.15, 0.2) is 0 Å². The monoisotopic (exact) mass is 374 g/mol. The molecule has 0 saturated carbocycles. The molecular weight excluding hydrogens is 363 g/mol. The molecule has 0 saturated heterocycles. The van der Waals surface area contributed by atoms with E-state index >= 15 is 0 Å². The maximum atomic E-state index is 13.0. The van der Waals surface area contributed by atoms with Crippen molar-refractivity contribution >= 4 is 39.3 Å². The molecule has 1 atom stereocenters. The molecule has 0 aromatic heterocycles. The SMILES string of the molecule is OC(CSc1cccc(Br)c1)Cc1ccc(F)c(Cl)c1. The molecule has 0 radical (unpaired) electrons. The van der Waals surface area contributed by atoms with E-state index in [0.29, 0.717) is 12.2 Å². The van der Waals surface area contributed by atoms with Crippen LogP contribution in [0.15, 0.2) is 51.8 Å². The molecule has 2 aromatic carbocycles. The zero-order valence-corrected chi connectivity index (χ0v) is 13.7. The normalized spacial score (nSPS) is 12.4. The summed E-state index contributed by atoms with van der Waals surface area (Å²) in [4.78, 5) is 1.09. The van der Waals surface area contributed by atoms with Crippen molar-refractivity contribution in [2.75, 3.05) is 5.75 Å². The maximum absolute atomic E-state index is 13.0. The number of halogens is 3. The zero-order chi connectivity index (χ0) is 14.5. The van der Waals surface area contributed by atoms with E-state index in [1.807, 2.05) is 24.3 Å². The molecule has 0 heterocycles. The summed E-state index contributed by atoms with van der Waals surface area (Å²) in [6.07, 6.45) is -0.0402. The van der Waals surface area contributed by atoms with Gasteiger partial charge >= 0.3 is 0 Å². The van der Waals surface area contributed by atoms with Gasteiger partial charge in [0.25, 0.3) is 0 Å². The van der Waals surface area contributed by atoms with E-state index < -0.39 is 11.9 Å². The molecule has 0 fully saturated rings. The smallest absolute Gasteiger partial charge is 0.141 e. The molecule has 0 spiro atoms. The first-order chi connectivity index (χ1) is 9.54. The van der Waals surface area contributed by atoms with Crippen molar-refractivity contribution in [3.63, 3.8) is 0 Å². The Morgan fingerprint density at radius 2 is 2.05 bits per heavy atom. The first-order valence-corrected chi connectivity index (χ1v) is 8.20. The highest BCUT2D eigenvalue weighted by Gasteiger charge is 2.09. The van der Waals surface area contributed by atoms with Gasteiger partial charge in [-0.1, -0.05) is 39.7 Å². The highest BCUT2D eigenvalue weighted by Crippen LogP contribution is 2.24. The van der Waals surface area contributed by atoms with Gasteiger partial charge in [0.1, 0.15) is 5.82 Å². The predicted molar refractivity (Wildman–Crippen MR) is 86.0 cm³/mol. The van der Waals surface area contributed by atoms with E-state index in [1.54, 1.807) is 23.9 Å². The summed E-state index contributed by atoms with van der Waals surface area (Å²) < 4.78 is 14.1. The van der Waals surface area contributed by atoms with Crippen LogP contribution < -0.4 is 0 Å². The van der Waals surface area contributed by atoms with Crippen LogP contribution in [0.5, 0.6) is 0 Å². The van der Waals surface area contributed by atoms with Crippen molar-refractivity contribution in [3.05, 3.63) is 63.3 Å². The molecule has 2 aromatic rings. The van der Waals surface area contributed by atoms with Crippen molar-refractivity contribution in [3.8, 4) is 0 Å². The average Bonchev–Trinajstić information content (AvgIpc) is 2.41. The Balaban J connectivity index is 1.89. The minimum atomic E-state index is -0.500. The second kappa shape index (κ2) is 7.46. The lowest BCUT2D eigenvalue weighted by atomic mass is 10.1. The van der Waals surface area contributed by atoms with E-state index in [0.717, 1.165) is 14.9 Å². The van der Waals surface area contributed by atoms with Crippen molar-refractivity contribution < 1.29 is 9.50 Å². The van der Waals surface area contributed by atoms with Gasteiger partial charge in [0.05, 0.1) is 11.1 Å². The van der Waals surface area contributed by atoms with Gasteiger partial charge in [0, 0.05) is 15.1 Å². The summed E-state index contributed by atoms with van der Waals surface area (Å²) in [6, 6.07) is 12.5. The summed E-state index contributed by atoms with van der Waals surface area (Å²) in [6.45, 7) is 0. The first-order valence-electron chi connectivity index (χ1n) is 6.05. The standard InChI is InChI=1S/C15H13BrClFOS/c16-11-2-1-3-13(8-11)20-9-12(19)6-10-4-5-15(18)14(17)7-10/h1-5,7-8,12,19H,6,9H2. The minimum absolute atomic E-state index is 0.0920. The Kier molecular flexibility index (Phi) is 5.90. The fourth-order valence-electron chi connectivity index (χ4n) is 1.75. The van der Waals surface area contributed by atoms with E-state index in [9.17, 15) is 9.50 Å². The topological polar surface area (TPSA) is 20.2 Å². The fourth-order valence-corrected chi connectivity index (χ4v) is 3.39. The third-order valence-corrected chi connectivity index (χ3v) is 4.62. The second-order valence-corrected chi connectivity index (χ2v) is 6.79. The van der Waals surface area contributed by atoms with Crippen molar-refractivity contribution in [1.82, 2.24) is 0 Å². The third-order valence-electron chi connectivity index (χ3n) is 2.69. The lowest BCUT2D eigenvalue weighted by molar-refractivity contribution is 0.200. The number of benzene rings is 2. The molecule has 0 aliphatic carbocycles. The lowest BCUT2D eigenvalue weighted by Gasteiger charge is -2.11. The maximum Gasteiger partial charge on any atom is 0.141 e. The molecule has 1 nitrogen and oxygen atoms in total. The van der Waals surface area contributed by atoms with Crippen LogP contribution >= 0.6 is 39.3 Å². The molecule has 1 N–H and O–H groups in total. The molecule has 5 heteroatoms. The van der Waals surface area contributed by atoms with Crippen molar-refractivity contribution in [1.29, 1.82) is 0 Å². The predicted octanol–water partition coefficient (Wildman–Crippen LogP) is 4.94. The quantitative estimate of drug-likeness (QED) is 0.747.